The molecule has 1 N–H and O–H groups in total. The van der Waals surface area contributed by atoms with E-state index in [9.17, 15) is 4.79 Å². The van der Waals surface area contributed by atoms with Crippen molar-refractivity contribution in [2.75, 3.05) is 11.9 Å². The maximum atomic E-state index is 11.7. The van der Waals surface area contributed by atoms with Gasteiger partial charge in [-0.05, 0) is 35.0 Å². The van der Waals surface area contributed by atoms with Crippen LogP contribution in [0.2, 0.25) is 5.02 Å². The summed E-state index contributed by atoms with van der Waals surface area (Å²) in [5.74, 6) is -0.440. The third kappa shape index (κ3) is 3.26. The van der Waals surface area contributed by atoms with E-state index in [1.807, 2.05) is 12.1 Å². The number of aromatic nitrogens is 1. The van der Waals surface area contributed by atoms with E-state index in [-0.39, 0.29) is 5.69 Å². The fraction of sp³-hybridized carbons (Fsp3) is 0.167. The van der Waals surface area contributed by atoms with E-state index in [4.69, 9.17) is 16.3 Å². The Hall–Kier alpha value is -1.11. The summed E-state index contributed by atoms with van der Waals surface area (Å²) in [7, 11) is 0. The molecule has 2 aromatic rings. The van der Waals surface area contributed by atoms with E-state index in [2.05, 4.69) is 26.2 Å². The second-order valence-electron chi connectivity index (χ2n) is 3.48. The molecule has 100 valence electrons. The predicted molar refractivity (Wildman–Crippen MR) is 80.5 cm³/mol. The maximum absolute atomic E-state index is 11.7. The normalized spacial score (nSPS) is 10.3. The van der Waals surface area contributed by atoms with Gasteiger partial charge in [-0.1, -0.05) is 17.7 Å². The van der Waals surface area contributed by atoms with Gasteiger partial charge in [0.1, 0.15) is 5.00 Å². The van der Waals surface area contributed by atoms with Crippen molar-refractivity contribution >= 4 is 55.5 Å². The maximum Gasteiger partial charge on any atom is 0.360 e. The molecule has 0 bridgehead atoms. The number of nitrogens with zero attached hydrogens (tertiary/aromatic N) is 1. The van der Waals surface area contributed by atoms with E-state index in [0.717, 1.165) is 10.2 Å². The molecule has 0 unspecified atom stereocenters. The van der Waals surface area contributed by atoms with Crippen LogP contribution in [-0.4, -0.2) is 17.6 Å². The molecule has 0 radical (unpaired) electrons. The van der Waals surface area contributed by atoms with E-state index in [0.29, 0.717) is 16.6 Å². The Morgan fingerprint density at radius 1 is 1.58 bits per heavy atom. The topological polar surface area (TPSA) is 51.2 Å². The molecule has 2 rings (SSSR count). The summed E-state index contributed by atoms with van der Waals surface area (Å²) in [6.07, 6.45) is 0. The van der Waals surface area contributed by atoms with Crippen molar-refractivity contribution in [3.63, 3.8) is 0 Å². The lowest BCUT2D eigenvalue weighted by Gasteiger charge is -2.08. The van der Waals surface area contributed by atoms with Crippen LogP contribution in [0.4, 0.5) is 10.7 Å². The number of hydrogen-bond acceptors (Lipinski definition) is 5. The zero-order valence-corrected chi connectivity index (χ0v) is 13.1. The van der Waals surface area contributed by atoms with Crippen molar-refractivity contribution in [2.24, 2.45) is 0 Å². The summed E-state index contributed by atoms with van der Waals surface area (Å²) >= 11 is 10.7. The lowest BCUT2D eigenvalue weighted by molar-refractivity contribution is 0.0521. The van der Waals surface area contributed by atoms with Gasteiger partial charge in [0.25, 0.3) is 0 Å². The Morgan fingerprint density at radius 2 is 2.37 bits per heavy atom. The third-order valence-electron chi connectivity index (χ3n) is 2.24. The molecule has 0 saturated carbocycles. The number of hydrogen-bond donors (Lipinski definition) is 1. The molecule has 19 heavy (non-hydrogen) atoms. The Morgan fingerprint density at radius 3 is 3.11 bits per heavy atom. The number of benzene rings is 1. The monoisotopic (exact) mass is 360 g/mol. The average molecular weight is 362 g/mol. The number of carbonyl (C=O) groups excluding carboxylic acids is 1. The average Bonchev–Trinajstić information content (AvgIpc) is 2.83. The Kier molecular flexibility index (Phi) is 4.79. The van der Waals surface area contributed by atoms with Crippen LogP contribution in [0.5, 0.6) is 0 Å². The quantitative estimate of drug-likeness (QED) is 0.816. The molecule has 0 aliphatic heterocycles. The molecule has 1 heterocycles. The first-order valence-corrected chi connectivity index (χ1v) is 7.50. The second-order valence-corrected chi connectivity index (χ2v) is 5.53. The lowest BCUT2D eigenvalue weighted by Crippen LogP contribution is -2.07. The summed E-state index contributed by atoms with van der Waals surface area (Å²) in [5, 5.41) is 4.34. The molecule has 4 nitrogen and oxygen atoms in total. The SMILES string of the molecule is CCOC(=O)c1ncsc1Nc1cccc(Cl)c1Br. The van der Waals surface area contributed by atoms with E-state index >= 15 is 0 Å². The lowest BCUT2D eigenvalue weighted by atomic mass is 10.3. The summed E-state index contributed by atoms with van der Waals surface area (Å²) in [6, 6.07) is 5.45. The standard InChI is InChI=1S/C12H10BrClN2O2S/c1-2-18-12(17)10-11(19-6-15-10)16-8-5-3-4-7(14)9(8)13/h3-6,16H,2H2,1H3. The highest BCUT2D eigenvalue weighted by atomic mass is 79.9. The molecule has 0 amide bonds. The summed E-state index contributed by atoms with van der Waals surface area (Å²) in [6.45, 7) is 2.07. The van der Waals surface area contributed by atoms with Gasteiger partial charge in [0.2, 0.25) is 0 Å². The van der Waals surface area contributed by atoms with Crippen molar-refractivity contribution in [3.8, 4) is 0 Å². The number of esters is 1. The Balaban J connectivity index is 2.27. The summed E-state index contributed by atoms with van der Waals surface area (Å²) in [4.78, 5) is 15.7. The molecule has 0 aliphatic carbocycles. The van der Waals surface area contributed by atoms with Crippen LogP contribution in [0.25, 0.3) is 0 Å². The van der Waals surface area contributed by atoms with Crippen LogP contribution in [0, 0.1) is 0 Å². The minimum atomic E-state index is -0.440. The zero-order valence-electron chi connectivity index (χ0n) is 9.94. The number of ether oxygens (including phenoxy) is 1. The van der Waals surface area contributed by atoms with Crippen LogP contribution >= 0.6 is 38.9 Å². The molecule has 0 saturated heterocycles. The Labute approximate surface area is 127 Å². The predicted octanol–water partition coefficient (Wildman–Crippen LogP) is 4.48. The smallest absolute Gasteiger partial charge is 0.360 e. The summed E-state index contributed by atoms with van der Waals surface area (Å²) < 4.78 is 5.68. The fourth-order valence-electron chi connectivity index (χ4n) is 1.40. The van der Waals surface area contributed by atoms with Crippen LogP contribution in [0.15, 0.2) is 28.2 Å². The van der Waals surface area contributed by atoms with E-state index in [1.54, 1.807) is 18.5 Å². The van der Waals surface area contributed by atoms with Gasteiger partial charge in [0, 0.05) is 0 Å². The van der Waals surface area contributed by atoms with Gasteiger partial charge in [0.15, 0.2) is 5.69 Å². The summed E-state index contributed by atoms with van der Waals surface area (Å²) in [5.41, 5.74) is 2.63. The van der Waals surface area contributed by atoms with Crippen molar-refractivity contribution in [2.45, 2.75) is 6.92 Å². The molecule has 0 spiro atoms. The van der Waals surface area contributed by atoms with E-state index < -0.39 is 5.97 Å². The molecule has 0 atom stereocenters. The van der Waals surface area contributed by atoms with Gasteiger partial charge in [-0.25, -0.2) is 9.78 Å². The van der Waals surface area contributed by atoms with Gasteiger partial charge in [-0.15, -0.1) is 11.3 Å². The Bertz CT molecular complexity index is 603. The van der Waals surface area contributed by atoms with Gasteiger partial charge in [-0.2, -0.15) is 0 Å². The molecule has 0 fully saturated rings. The van der Waals surface area contributed by atoms with Crippen molar-refractivity contribution in [1.82, 2.24) is 4.98 Å². The number of thiazole rings is 1. The van der Waals surface area contributed by atoms with Crippen molar-refractivity contribution in [1.29, 1.82) is 0 Å². The first-order chi connectivity index (χ1) is 9.13. The van der Waals surface area contributed by atoms with Gasteiger partial charge in [0.05, 0.1) is 27.3 Å². The number of carbonyl (C=O) groups is 1. The molecule has 7 heteroatoms. The third-order valence-corrected chi connectivity index (χ3v) is 4.38. The molecular weight excluding hydrogens is 352 g/mol. The number of halogens is 2. The van der Waals surface area contributed by atoms with Crippen LogP contribution < -0.4 is 5.32 Å². The minimum absolute atomic E-state index is 0.277. The highest BCUT2D eigenvalue weighted by molar-refractivity contribution is 9.10. The van der Waals surface area contributed by atoms with Crippen molar-refractivity contribution in [3.05, 3.63) is 38.9 Å². The molecule has 1 aromatic carbocycles. The molecule has 0 aliphatic rings. The van der Waals surface area contributed by atoms with Gasteiger partial charge >= 0.3 is 5.97 Å². The van der Waals surface area contributed by atoms with Crippen LogP contribution in [0.3, 0.4) is 0 Å². The highest BCUT2D eigenvalue weighted by Gasteiger charge is 2.17. The van der Waals surface area contributed by atoms with Gasteiger partial charge < -0.3 is 10.1 Å². The minimum Gasteiger partial charge on any atom is -0.461 e. The fourth-order valence-corrected chi connectivity index (χ4v) is 2.62. The van der Waals surface area contributed by atoms with Crippen LogP contribution in [0.1, 0.15) is 17.4 Å². The number of rotatable bonds is 4. The van der Waals surface area contributed by atoms with Crippen molar-refractivity contribution < 1.29 is 9.53 Å². The molecular formula is C12H10BrClN2O2S. The highest BCUT2D eigenvalue weighted by Crippen LogP contribution is 2.34. The zero-order chi connectivity index (χ0) is 13.8. The first kappa shape index (κ1) is 14.3. The van der Waals surface area contributed by atoms with E-state index in [1.165, 1.54) is 11.3 Å². The van der Waals surface area contributed by atoms with Gasteiger partial charge in [-0.3, -0.25) is 0 Å². The number of anilines is 2. The number of nitrogens with one attached hydrogen (secondary N) is 1. The second kappa shape index (κ2) is 6.36. The molecule has 1 aromatic heterocycles. The first-order valence-electron chi connectivity index (χ1n) is 5.45. The largest absolute Gasteiger partial charge is 0.461 e. The van der Waals surface area contributed by atoms with Crippen LogP contribution in [-0.2, 0) is 4.74 Å².